The van der Waals surface area contributed by atoms with Gasteiger partial charge in [-0.05, 0) is 78.0 Å². The zero-order chi connectivity index (χ0) is 22.9. The van der Waals surface area contributed by atoms with Crippen molar-refractivity contribution in [1.29, 1.82) is 0 Å². The Hall–Kier alpha value is -2.08. The SMILES string of the molecule is CCOc1cc(CN[C@H](C)CCc2ccccc2)cc(Br)c1OCc1c(F)cccc1Cl. The number of nitrogens with one attached hydrogen (secondary N) is 1. The highest BCUT2D eigenvalue weighted by atomic mass is 79.9. The van der Waals surface area contributed by atoms with Gasteiger partial charge in [-0.15, -0.1) is 0 Å². The maximum atomic E-state index is 14.1. The smallest absolute Gasteiger partial charge is 0.175 e. The summed E-state index contributed by atoms with van der Waals surface area (Å²) >= 11 is 9.71. The van der Waals surface area contributed by atoms with E-state index >= 15 is 0 Å². The van der Waals surface area contributed by atoms with E-state index in [9.17, 15) is 4.39 Å². The number of benzene rings is 3. The Bertz CT molecular complexity index is 996. The highest BCUT2D eigenvalue weighted by molar-refractivity contribution is 9.10. The van der Waals surface area contributed by atoms with Gasteiger partial charge in [-0.2, -0.15) is 0 Å². The zero-order valence-corrected chi connectivity index (χ0v) is 20.7. The summed E-state index contributed by atoms with van der Waals surface area (Å²) in [5, 5.41) is 3.91. The maximum Gasteiger partial charge on any atom is 0.175 e. The van der Waals surface area contributed by atoms with Crippen LogP contribution in [0.4, 0.5) is 4.39 Å². The minimum atomic E-state index is -0.392. The van der Waals surface area contributed by atoms with Crippen LogP contribution in [-0.2, 0) is 19.6 Å². The molecule has 170 valence electrons. The van der Waals surface area contributed by atoms with Crippen molar-refractivity contribution >= 4 is 27.5 Å². The summed E-state index contributed by atoms with van der Waals surface area (Å²) in [5.41, 5.74) is 2.74. The number of aryl methyl sites for hydroxylation is 1. The van der Waals surface area contributed by atoms with E-state index in [1.54, 1.807) is 12.1 Å². The Balaban J connectivity index is 1.64. The minimum absolute atomic E-state index is 0.0122. The van der Waals surface area contributed by atoms with E-state index in [1.165, 1.54) is 11.6 Å². The molecule has 0 unspecified atom stereocenters. The van der Waals surface area contributed by atoms with Crippen molar-refractivity contribution in [3.05, 3.63) is 92.7 Å². The van der Waals surface area contributed by atoms with Gasteiger partial charge in [0, 0.05) is 18.2 Å². The first-order chi connectivity index (χ1) is 15.5. The highest BCUT2D eigenvalue weighted by Gasteiger charge is 2.15. The Labute approximate surface area is 203 Å². The van der Waals surface area contributed by atoms with E-state index in [0.717, 1.165) is 22.9 Å². The van der Waals surface area contributed by atoms with Gasteiger partial charge in [-0.25, -0.2) is 4.39 Å². The summed E-state index contributed by atoms with van der Waals surface area (Å²) in [6.07, 6.45) is 2.09. The second-order valence-corrected chi connectivity index (χ2v) is 8.89. The largest absolute Gasteiger partial charge is 0.490 e. The van der Waals surface area contributed by atoms with Gasteiger partial charge in [-0.1, -0.05) is 48.0 Å². The Morgan fingerprint density at radius 3 is 2.53 bits per heavy atom. The first-order valence-corrected chi connectivity index (χ1v) is 11.9. The first kappa shape index (κ1) is 24.6. The number of hydrogen-bond donors (Lipinski definition) is 1. The van der Waals surface area contributed by atoms with Crippen molar-refractivity contribution in [3.63, 3.8) is 0 Å². The second-order valence-electron chi connectivity index (χ2n) is 7.63. The summed E-state index contributed by atoms with van der Waals surface area (Å²) in [7, 11) is 0. The van der Waals surface area contributed by atoms with Crippen molar-refractivity contribution in [2.45, 2.75) is 45.9 Å². The average Bonchev–Trinajstić information content (AvgIpc) is 2.78. The van der Waals surface area contributed by atoms with Crippen molar-refractivity contribution < 1.29 is 13.9 Å². The lowest BCUT2D eigenvalue weighted by molar-refractivity contribution is 0.264. The number of rotatable bonds is 11. The summed E-state index contributed by atoms with van der Waals surface area (Å²) in [5.74, 6) is 0.756. The Morgan fingerprint density at radius 2 is 1.81 bits per heavy atom. The number of ether oxygens (including phenoxy) is 2. The van der Waals surface area contributed by atoms with Crippen LogP contribution in [0, 0.1) is 5.82 Å². The molecule has 0 aliphatic rings. The zero-order valence-electron chi connectivity index (χ0n) is 18.3. The number of hydrogen-bond acceptors (Lipinski definition) is 3. The lowest BCUT2D eigenvalue weighted by Crippen LogP contribution is -2.26. The third-order valence-electron chi connectivity index (χ3n) is 5.16. The molecule has 6 heteroatoms. The first-order valence-electron chi connectivity index (χ1n) is 10.8. The topological polar surface area (TPSA) is 30.5 Å². The van der Waals surface area contributed by atoms with Crippen LogP contribution in [0.15, 0.2) is 65.1 Å². The summed E-state index contributed by atoms with van der Waals surface area (Å²) < 4.78 is 26.6. The molecule has 0 radical (unpaired) electrons. The molecule has 0 saturated heterocycles. The van der Waals surface area contributed by atoms with E-state index in [2.05, 4.69) is 52.4 Å². The molecular weight excluding hydrogens is 493 g/mol. The molecule has 0 fully saturated rings. The van der Waals surface area contributed by atoms with Crippen LogP contribution in [0.5, 0.6) is 11.5 Å². The highest BCUT2D eigenvalue weighted by Crippen LogP contribution is 2.38. The molecule has 0 aliphatic heterocycles. The molecule has 0 saturated carbocycles. The van der Waals surface area contributed by atoms with Crippen LogP contribution in [0.25, 0.3) is 0 Å². The van der Waals surface area contributed by atoms with Gasteiger partial charge in [0.15, 0.2) is 11.5 Å². The van der Waals surface area contributed by atoms with Crippen LogP contribution in [0.3, 0.4) is 0 Å². The molecule has 0 bridgehead atoms. The molecule has 0 aliphatic carbocycles. The monoisotopic (exact) mass is 519 g/mol. The van der Waals surface area contributed by atoms with Gasteiger partial charge in [0.2, 0.25) is 0 Å². The van der Waals surface area contributed by atoms with E-state index in [-0.39, 0.29) is 6.61 Å². The van der Waals surface area contributed by atoms with Crippen molar-refractivity contribution in [1.82, 2.24) is 5.32 Å². The van der Waals surface area contributed by atoms with Gasteiger partial charge < -0.3 is 14.8 Å². The lowest BCUT2D eigenvalue weighted by atomic mass is 10.1. The Kier molecular flexibility index (Phi) is 9.39. The predicted molar refractivity (Wildman–Crippen MR) is 132 cm³/mol. The van der Waals surface area contributed by atoms with E-state index in [0.29, 0.717) is 41.3 Å². The predicted octanol–water partition coefficient (Wildman–Crippen LogP) is 7.33. The molecule has 0 aromatic heterocycles. The van der Waals surface area contributed by atoms with Gasteiger partial charge >= 0.3 is 0 Å². The van der Waals surface area contributed by atoms with Gasteiger partial charge in [0.25, 0.3) is 0 Å². The van der Waals surface area contributed by atoms with Crippen molar-refractivity contribution in [3.8, 4) is 11.5 Å². The molecule has 3 nitrogen and oxygen atoms in total. The maximum absolute atomic E-state index is 14.1. The van der Waals surface area contributed by atoms with Gasteiger partial charge in [0.1, 0.15) is 12.4 Å². The quantitative estimate of drug-likeness (QED) is 0.287. The van der Waals surface area contributed by atoms with Crippen molar-refractivity contribution in [2.75, 3.05) is 6.61 Å². The molecule has 0 heterocycles. The van der Waals surface area contributed by atoms with Crippen LogP contribution >= 0.6 is 27.5 Å². The minimum Gasteiger partial charge on any atom is -0.490 e. The fourth-order valence-electron chi connectivity index (χ4n) is 3.36. The summed E-state index contributed by atoms with van der Waals surface area (Å²) in [6.45, 7) is 5.32. The average molecular weight is 521 g/mol. The normalized spacial score (nSPS) is 11.9. The molecule has 1 atom stereocenters. The number of halogens is 3. The fraction of sp³-hybridized carbons (Fsp3) is 0.308. The Morgan fingerprint density at radius 1 is 1.03 bits per heavy atom. The molecule has 3 aromatic rings. The molecule has 3 rings (SSSR count). The third-order valence-corrected chi connectivity index (χ3v) is 6.10. The van der Waals surface area contributed by atoms with Crippen LogP contribution in [-0.4, -0.2) is 12.6 Å². The molecule has 3 aromatic carbocycles. The van der Waals surface area contributed by atoms with Crippen LogP contribution < -0.4 is 14.8 Å². The van der Waals surface area contributed by atoms with E-state index in [1.807, 2.05) is 25.1 Å². The van der Waals surface area contributed by atoms with Crippen LogP contribution in [0.1, 0.15) is 37.0 Å². The third kappa shape index (κ3) is 6.96. The van der Waals surface area contributed by atoms with Crippen LogP contribution in [0.2, 0.25) is 5.02 Å². The molecular formula is C26H28BrClFNO2. The summed E-state index contributed by atoms with van der Waals surface area (Å²) in [4.78, 5) is 0. The second kappa shape index (κ2) is 12.2. The van der Waals surface area contributed by atoms with E-state index in [4.69, 9.17) is 21.1 Å². The van der Waals surface area contributed by atoms with Crippen molar-refractivity contribution in [2.24, 2.45) is 0 Å². The standard InChI is InChI=1S/C26H28BrClFNO2/c1-3-31-25-15-20(16-30-18(2)12-13-19-8-5-4-6-9-19)14-22(27)26(25)32-17-21-23(28)10-7-11-24(21)29/h4-11,14-15,18,30H,3,12-13,16-17H2,1-2H3/t18-/m1/s1. The lowest BCUT2D eigenvalue weighted by Gasteiger charge is -2.18. The molecule has 1 N–H and O–H groups in total. The van der Waals surface area contributed by atoms with Gasteiger partial charge in [-0.3, -0.25) is 0 Å². The summed E-state index contributed by atoms with van der Waals surface area (Å²) in [6, 6.07) is 19.4. The van der Waals surface area contributed by atoms with Gasteiger partial charge in [0.05, 0.1) is 16.1 Å². The molecule has 0 spiro atoms. The molecule has 32 heavy (non-hydrogen) atoms. The molecule has 0 amide bonds. The fourth-order valence-corrected chi connectivity index (χ4v) is 4.18. The van der Waals surface area contributed by atoms with E-state index < -0.39 is 5.82 Å².